The van der Waals surface area contributed by atoms with Crippen LogP contribution in [-0.2, 0) is 14.3 Å². The highest BCUT2D eigenvalue weighted by molar-refractivity contribution is 5.69. The molecule has 0 heterocycles. The van der Waals surface area contributed by atoms with Crippen LogP contribution in [0, 0.1) is 0 Å². The Morgan fingerprint density at radius 2 is 1.85 bits per heavy atom. The molecule has 0 aliphatic carbocycles. The number of benzene rings is 1. The fourth-order valence-electron chi connectivity index (χ4n) is 1.99. The van der Waals surface area contributed by atoms with Gasteiger partial charge in [-0.05, 0) is 24.8 Å². The number of carbonyl (C=O) groups excluding carboxylic acids is 1. The van der Waals surface area contributed by atoms with Crippen LogP contribution in [0.1, 0.15) is 51.2 Å². The van der Waals surface area contributed by atoms with Crippen LogP contribution in [0.4, 0.5) is 0 Å². The first kappa shape index (κ1) is 16.7. The van der Waals surface area contributed by atoms with Crippen molar-refractivity contribution in [2.24, 2.45) is 0 Å². The second-order valence-corrected chi connectivity index (χ2v) is 4.79. The molecular weight excluding hydrogens is 256 g/mol. The van der Waals surface area contributed by atoms with Gasteiger partial charge >= 0.3 is 5.97 Å². The smallest absolute Gasteiger partial charge is 0.305 e. The summed E-state index contributed by atoms with van der Waals surface area (Å²) in [6, 6.07) is 9.63. The lowest BCUT2D eigenvalue weighted by Crippen LogP contribution is -2.32. The molecule has 0 saturated heterocycles. The second-order valence-electron chi connectivity index (χ2n) is 4.79. The zero-order valence-corrected chi connectivity index (χ0v) is 12.5. The minimum Gasteiger partial charge on any atom is -0.469 e. The highest BCUT2D eigenvalue weighted by Gasteiger charge is 2.28. The van der Waals surface area contributed by atoms with Gasteiger partial charge in [0.2, 0.25) is 0 Å². The topological polar surface area (TPSA) is 55.8 Å². The van der Waals surface area contributed by atoms with Crippen LogP contribution in [0.2, 0.25) is 0 Å². The Morgan fingerprint density at radius 1 is 1.25 bits per heavy atom. The summed E-state index contributed by atoms with van der Waals surface area (Å²) in [5.74, 6) is -1.43. The van der Waals surface area contributed by atoms with E-state index >= 15 is 0 Å². The number of carbonyl (C=O) groups is 1. The maximum Gasteiger partial charge on any atom is 0.305 e. The summed E-state index contributed by atoms with van der Waals surface area (Å²) in [4.78, 5) is 11.3. The van der Waals surface area contributed by atoms with E-state index in [1.54, 1.807) is 0 Å². The van der Waals surface area contributed by atoms with Crippen LogP contribution in [-0.4, -0.2) is 24.0 Å². The van der Waals surface area contributed by atoms with Crippen LogP contribution < -0.4 is 0 Å². The van der Waals surface area contributed by atoms with E-state index in [1.807, 2.05) is 44.2 Å². The third-order valence-electron chi connectivity index (χ3n) is 3.48. The Kier molecular flexibility index (Phi) is 6.68. The molecule has 0 aliphatic rings. The van der Waals surface area contributed by atoms with Gasteiger partial charge in [0.25, 0.3) is 0 Å². The lowest BCUT2D eigenvalue weighted by Gasteiger charge is -2.31. The first-order valence-electron chi connectivity index (χ1n) is 7.06. The van der Waals surface area contributed by atoms with Crippen molar-refractivity contribution >= 4 is 5.97 Å². The molecule has 1 unspecified atom stereocenters. The summed E-state index contributed by atoms with van der Waals surface area (Å²) >= 11 is 0. The zero-order valence-electron chi connectivity index (χ0n) is 12.5. The van der Waals surface area contributed by atoms with Crippen LogP contribution >= 0.6 is 0 Å². The summed E-state index contributed by atoms with van der Waals surface area (Å²) in [6.45, 7) is 3.76. The molecule has 0 amide bonds. The lowest BCUT2D eigenvalue weighted by molar-refractivity contribution is -0.237. The maximum absolute atomic E-state index is 11.3. The summed E-state index contributed by atoms with van der Waals surface area (Å²) in [6.07, 6.45) is 1.44. The van der Waals surface area contributed by atoms with E-state index in [0.29, 0.717) is 19.3 Å². The van der Waals surface area contributed by atoms with Crippen molar-refractivity contribution in [3.63, 3.8) is 0 Å². The number of hydrogen-bond donors (Lipinski definition) is 1. The SMILES string of the molecule is CCC(O)(CC)OC(CCC(=O)OC)c1ccccc1. The van der Waals surface area contributed by atoms with Crippen molar-refractivity contribution in [3.8, 4) is 0 Å². The van der Waals surface area contributed by atoms with E-state index in [2.05, 4.69) is 4.74 Å². The molecule has 4 nitrogen and oxygen atoms in total. The highest BCUT2D eigenvalue weighted by Crippen LogP contribution is 2.30. The van der Waals surface area contributed by atoms with E-state index in [9.17, 15) is 9.90 Å². The van der Waals surface area contributed by atoms with Crippen LogP contribution in [0.5, 0.6) is 0 Å². The maximum atomic E-state index is 11.3. The lowest BCUT2D eigenvalue weighted by atomic mass is 10.0. The van der Waals surface area contributed by atoms with Crippen LogP contribution in [0.3, 0.4) is 0 Å². The molecule has 0 fully saturated rings. The number of esters is 1. The van der Waals surface area contributed by atoms with Gasteiger partial charge < -0.3 is 14.6 Å². The molecule has 112 valence electrons. The Bertz CT molecular complexity index is 398. The molecule has 0 saturated carbocycles. The monoisotopic (exact) mass is 280 g/mol. The molecule has 1 rings (SSSR count). The molecule has 1 N–H and O–H groups in total. The molecule has 20 heavy (non-hydrogen) atoms. The van der Waals surface area contributed by atoms with Crippen molar-refractivity contribution in [1.82, 2.24) is 0 Å². The van der Waals surface area contributed by atoms with Gasteiger partial charge in [-0.1, -0.05) is 44.2 Å². The third-order valence-corrected chi connectivity index (χ3v) is 3.48. The first-order valence-corrected chi connectivity index (χ1v) is 7.06. The van der Waals surface area contributed by atoms with Crippen molar-refractivity contribution in [2.45, 2.75) is 51.4 Å². The molecule has 0 radical (unpaired) electrons. The average Bonchev–Trinajstić information content (AvgIpc) is 2.51. The fraction of sp³-hybridized carbons (Fsp3) is 0.562. The number of hydrogen-bond acceptors (Lipinski definition) is 4. The molecule has 1 aromatic rings. The molecular formula is C16H24O4. The van der Waals surface area contributed by atoms with Crippen molar-refractivity contribution in [1.29, 1.82) is 0 Å². The normalized spacial score (nSPS) is 13.0. The highest BCUT2D eigenvalue weighted by atomic mass is 16.6. The predicted molar refractivity (Wildman–Crippen MR) is 77.0 cm³/mol. The number of ether oxygens (including phenoxy) is 2. The molecule has 4 heteroatoms. The fourth-order valence-corrected chi connectivity index (χ4v) is 1.99. The van der Waals surface area contributed by atoms with Crippen molar-refractivity contribution in [3.05, 3.63) is 35.9 Å². The Labute approximate surface area is 120 Å². The number of aliphatic hydroxyl groups is 1. The van der Waals surface area contributed by atoms with E-state index < -0.39 is 5.79 Å². The second kappa shape index (κ2) is 8.02. The molecule has 1 aromatic carbocycles. The number of rotatable bonds is 8. The molecule has 0 spiro atoms. The van der Waals surface area contributed by atoms with Crippen LogP contribution in [0.25, 0.3) is 0 Å². The summed E-state index contributed by atoms with van der Waals surface area (Å²) in [5.41, 5.74) is 0.955. The first-order chi connectivity index (χ1) is 9.54. The van der Waals surface area contributed by atoms with Crippen LogP contribution in [0.15, 0.2) is 30.3 Å². The summed E-state index contributed by atoms with van der Waals surface area (Å²) < 4.78 is 10.5. The molecule has 0 aromatic heterocycles. The third kappa shape index (κ3) is 4.94. The summed E-state index contributed by atoms with van der Waals surface area (Å²) in [7, 11) is 1.37. The zero-order chi connectivity index (χ0) is 15.0. The molecule has 1 atom stereocenters. The minimum atomic E-state index is -1.16. The Morgan fingerprint density at radius 3 is 2.35 bits per heavy atom. The van der Waals surface area contributed by atoms with E-state index in [1.165, 1.54) is 7.11 Å². The van der Waals surface area contributed by atoms with Gasteiger partial charge in [0.1, 0.15) is 0 Å². The predicted octanol–water partition coefficient (Wildman–Crippen LogP) is 3.21. The van der Waals surface area contributed by atoms with E-state index in [-0.39, 0.29) is 18.5 Å². The summed E-state index contributed by atoms with van der Waals surface area (Å²) in [5, 5.41) is 10.3. The van der Waals surface area contributed by atoms with E-state index in [4.69, 9.17) is 4.74 Å². The quantitative estimate of drug-likeness (QED) is 0.587. The van der Waals surface area contributed by atoms with Gasteiger partial charge in [-0.15, -0.1) is 0 Å². The van der Waals surface area contributed by atoms with Gasteiger partial charge in [-0.2, -0.15) is 0 Å². The molecule has 0 bridgehead atoms. The van der Waals surface area contributed by atoms with Gasteiger partial charge in [-0.25, -0.2) is 0 Å². The standard InChI is InChI=1S/C16H24O4/c1-4-16(18,5-2)20-14(11-12-15(17)19-3)13-9-7-6-8-10-13/h6-10,14,18H,4-5,11-12H2,1-3H3. The number of methoxy groups -OCH3 is 1. The largest absolute Gasteiger partial charge is 0.469 e. The van der Waals surface area contributed by atoms with Crippen molar-refractivity contribution < 1.29 is 19.4 Å². The van der Waals surface area contributed by atoms with Crippen molar-refractivity contribution in [2.75, 3.05) is 7.11 Å². The van der Waals surface area contributed by atoms with Gasteiger partial charge in [-0.3, -0.25) is 4.79 Å². The Hall–Kier alpha value is -1.39. The van der Waals surface area contributed by atoms with Gasteiger partial charge in [0.05, 0.1) is 13.2 Å². The van der Waals surface area contributed by atoms with E-state index in [0.717, 1.165) is 5.56 Å². The average molecular weight is 280 g/mol. The van der Waals surface area contributed by atoms with Gasteiger partial charge in [0, 0.05) is 6.42 Å². The molecule has 0 aliphatic heterocycles. The minimum absolute atomic E-state index is 0.263. The van der Waals surface area contributed by atoms with Gasteiger partial charge in [0.15, 0.2) is 5.79 Å². The Balaban J connectivity index is 2.82.